The smallest absolute Gasteiger partial charge is 0.259 e. The van der Waals surface area contributed by atoms with Crippen molar-refractivity contribution in [2.75, 3.05) is 11.9 Å². The van der Waals surface area contributed by atoms with Gasteiger partial charge in [0.25, 0.3) is 5.91 Å². The van der Waals surface area contributed by atoms with Gasteiger partial charge in [-0.05, 0) is 44.2 Å². The molecule has 1 aliphatic carbocycles. The zero-order valence-electron chi connectivity index (χ0n) is 10.7. The van der Waals surface area contributed by atoms with Crippen LogP contribution in [0.4, 0.5) is 5.69 Å². The number of anilines is 1. The maximum absolute atomic E-state index is 11.6. The summed E-state index contributed by atoms with van der Waals surface area (Å²) in [5, 5.41) is 7.24. The van der Waals surface area contributed by atoms with Crippen LogP contribution >= 0.6 is 0 Å². The Morgan fingerprint density at radius 2 is 2.00 bits per heavy atom. The van der Waals surface area contributed by atoms with Crippen molar-refractivity contribution < 1.29 is 4.79 Å². The molecule has 2 N–H and O–H groups in total. The van der Waals surface area contributed by atoms with E-state index in [-0.39, 0.29) is 12.5 Å². The number of nitrogens with zero attached hydrogens (tertiary/aromatic N) is 1. The van der Waals surface area contributed by atoms with Gasteiger partial charge in [-0.1, -0.05) is 18.2 Å². The van der Waals surface area contributed by atoms with Crippen LogP contribution in [-0.4, -0.2) is 18.2 Å². The standard InChI is InChI=1S/C14H19N3O/c1-11-6-2-5-9-13(11)15-10-14(18)17-16-12-7-3-4-8-12/h2,5-6,9,15H,3-4,7-8,10H2,1H3,(H,17,18). The molecule has 1 aliphatic rings. The van der Waals surface area contributed by atoms with Crippen LogP contribution in [0.1, 0.15) is 31.2 Å². The first-order chi connectivity index (χ1) is 8.75. The van der Waals surface area contributed by atoms with Gasteiger partial charge in [-0.15, -0.1) is 0 Å². The fourth-order valence-corrected chi connectivity index (χ4v) is 2.02. The average Bonchev–Trinajstić information content (AvgIpc) is 2.88. The van der Waals surface area contributed by atoms with Crippen LogP contribution in [0.3, 0.4) is 0 Å². The minimum absolute atomic E-state index is 0.0994. The average molecular weight is 245 g/mol. The van der Waals surface area contributed by atoms with E-state index in [0.29, 0.717) is 0 Å². The Kier molecular flexibility index (Phi) is 4.34. The van der Waals surface area contributed by atoms with Gasteiger partial charge >= 0.3 is 0 Å². The van der Waals surface area contributed by atoms with Gasteiger partial charge in [-0.2, -0.15) is 5.10 Å². The van der Waals surface area contributed by atoms with E-state index in [1.54, 1.807) is 0 Å². The molecule has 1 fully saturated rings. The van der Waals surface area contributed by atoms with Gasteiger partial charge in [0.1, 0.15) is 0 Å². The van der Waals surface area contributed by atoms with Crippen LogP contribution in [0, 0.1) is 6.92 Å². The molecule has 1 aromatic carbocycles. The third kappa shape index (κ3) is 3.58. The predicted octanol–water partition coefficient (Wildman–Crippen LogP) is 2.45. The minimum atomic E-state index is -0.0994. The molecule has 1 amide bonds. The van der Waals surface area contributed by atoms with E-state index in [9.17, 15) is 4.79 Å². The van der Waals surface area contributed by atoms with Crippen LogP contribution in [0.25, 0.3) is 0 Å². The third-order valence-corrected chi connectivity index (χ3v) is 3.10. The van der Waals surface area contributed by atoms with E-state index >= 15 is 0 Å². The number of carbonyl (C=O) groups excluding carboxylic acids is 1. The first-order valence-electron chi connectivity index (χ1n) is 6.39. The van der Waals surface area contributed by atoms with Crippen LogP contribution in [0.2, 0.25) is 0 Å². The maximum atomic E-state index is 11.6. The second-order valence-corrected chi connectivity index (χ2v) is 4.59. The summed E-state index contributed by atoms with van der Waals surface area (Å²) in [5.74, 6) is -0.0994. The first-order valence-corrected chi connectivity index (χ1v) is 6.39. The van der Waals surface area contributed by atoms with Gasteiger partial charge in [0.15, 0.2) is 0 Å². The van der Waals surface area contributed by atoms with E-state index in [2.05, 4.69) is 15.8 Å². The highest BCUT2D eigenvalue weighted by Crippen LogP contribution is 2.14. The number of amides is 1. The van der Waals surface area contributed by atoms with Crippen molar-refractivity contribution >= 4 is 17.3 Å². The number of hydrazone groups is 1. The molecule has 0 aromatic heterocycles. The summed E-state index contributed by atoms with van der Waals surface area (Å²) >= 11 is 0. The van der Waals surface area contributed by atoms with Crippen LogP contribution < -0.4 is 10.7 Å². The number of hydrogen-bond acceptors (Lipinski definition) is 3. The number of aryl methyl sites for hydroxylation is 1. The molecule has 0 heterocycles. The summed E-state index contributed by atoms with van der Waals surface area (Å²) in [6, 6.07) is 7.91. The van der Waals surface area contributed by atoms with Gasteiger partial charge in [0.2, 0.25) is 0 Å². The monoisotopic (exact) mass is 245 g/mol. The molecule has 96 valence electrons. The molecule has 0 unspecified atom stereocenters. The zero-order valence-corrected chi connectivity index (χ0v) is 10.7. The summed E-state index contributed by atoms with van der Waals surface area (Å²) in [7, 11) is 0. The molecule has 2 rings (SSSR count). The van der Waals surface area contributed by atoms with Crippen molar-refractivity contribution in [1.82, 2.24) is 5.43 Å². The Hall–Kier alpha value is -1.84. The van der Waals surface area contributed by atoms with Crippen molar-refractivity contribution in [1.29, 1.82) is 0 Å². The zero-order chi connectivity index (χ0) is 12.8. The Balaban J connectivity index is 1.78. The molecule has 0 radical (unpaired) electrons. The van der Waals surface area contributed by atoms with Gasteiger partial charge in [0.05, 0.1) is 6.54 Å². The summed E-state index contributed by atoms with van der Waals surface area (Å²) in [4.78, 5) is 11.6. The number of rotatable bonds is 4. The SMILES string of the molecule is Cc1ccccc1NCC(=O)NN=C1CCCC1. The molecule has 1 saturated carbocycles. The van der Waals surface area contributed by atoms with E-state index in [4.69, 9.17) is 0 Å². The lowest BCUT2D eigenvalue weighted by Gasteiger charge is -2.08. The molecule has 0 atom stereocenters. The summed E-state index contributed by atoms with van der Waals surface area (Å²) in [6.45, 7) is 2.26. The molecular weight excluding hydrogens is 226 g/mol. The lowest BCUT2D eigenvalue weighted by atomic mass is 10.2. The van der Waals surface area contributed by atoms with Crippen molar-refractivity contribution in [3.63, 3.8) is 0 Å². The Morgan fingerprint density at radius 3 is 2.72 bits per heavy atom. The largest absolute Gasteiger partial charge is 0.376 e. The van der Waals surface area contributed by atoms with Crippen LogP contribution in [0.15, 0.2) is 29.4 Å². The molecule has 18 heavy (non-hydrogen) atoms. The summed E-state index contributed by atoms with van der Waals surface area (Å²) in [5.41, 5.74) is 5.83. The fourth-order valence-electron chi connectivity index (χ4n) is 2.02. The normalized spacial score (nSPS) is 14.4. The molecule has 0 bridgehead atoms. The molecular formula is C14H19N3O. The van der Waals surface area contributed by atoms with Gasteiger partial charge < -0.3 is 5.32 Å². The lowest BCUT2D eigenvalue weighted by Crippen LogP contribution is -2.26. The van der Waals surface area contributed by atoms with Gasteiger partial charge in [-0.25, -0.2) is 5.43 Å². The maximum Gasteiger partial charge on any atom is 0.259 e. The van der Waals surface area contributed by atoms with E-state index in [0.717, 1.165) is 29.8 Å². The Morgan fingerprint density at radius 1 is 1.28 bits per heavy atom. The summed E-state index contributed by atoms with van der Waals surface area (Å²) in [6.07, 6.45) is 4.42. The third-order valence-electron chi connectivity index (χ3n) is 3.10. The lowest BCUT2D eigenvalue weighted by molar-refractivity contribution is -0.119. The Labute approximate surface area is 107 Å². The van der Waals surface area contributed by atoms with E-state index in [1.165, 1.54) is 12.8 Å². The number of para-hydroxylation sites is 1. The first kappa shape index (κ1) is 12.6. The van der Waals surface area contributed by atoms with Gasteiger partial charge in [0, 0.05) is 11.4 Å². The fraction of sp³-hybridized carbons (Fsp3) is 0.429. The Bertz CT molecular complexity index is 446. The minimum Gasteiger partial charge on any atom is -0.376 e. The van der Waals surface area contributed by atoms with Crippen LogP contribution in [-0.2, 0) is 4.79 Å². The highest BCUT2D eigenvalue weighted by atomic mass is 16.2. The summed E-state index contributed by atoms with van der Waals surface area (Å²) < 4.78 is 0. The highest BCUT2D eigenvalue weighted by Gasteiger charge is 2.08. The molecule has 0 saturated heterocycles. The van der Waals surface area contributed by atoms with Crippen molar-refractivity contribution in [2.24, 2.45) is 5.10 Å². The molecule has 4 heteroatoms. The second kappa shape index (κ2) is 6.19. The topological polar surface area (TPSA) is 53.5 Å². The van der Waals surface area contributed by atoms with Crippen LogP contribution in [0.5, 0.6) is 0 Å². The predicted molar refractivity (Wildman–Crippen MR) is 73.7 cm³/mol. The molecule has 0 aliphatic heterocycles. The van der Waals surface area contributed by atoms with Gasteiger partial charge in [-0.3, -0.25) is 4.79 Å². The number of carbonyl (C=O) groups is 1. The number of nitrogens with one attached hydrogen (secondary N) is 2. The quantitative estimate of drug-likeness (QED) is 0.801. The molecule has 1 aromatic rings. The van der Waals surface area contributed by atoms with Crippen molar-refractivity contribution in [3.05, 3.63) is 29.8 Å². The van der Waals surface area contributed by atoms with Crippen molar-refractivity contribution in [3.8, 4) is 0 Å². The van der Waals surface area contributed by atoms with Crippen molar-refractivity contribution in [2.45, 2.75) is 32.6 Å². The van der Waals surface area contributed by atoms with E-state index < -0.39 is 0 Å². The van der Waals surface area contributed by atoms with E-state index in [1.807, 2.05) is 31.2 Å². The second-order valence-electron chi connectivity index (χ2n) is 4.59. The number of benzene rings is 1. The molecule has 0 spiro atoms. The number of hydrogen-bond donors (Lipinski definition) is 2. The molecule has 4 nitrogen and oxygen atoms in total. The highest BCUT2D eigenvalue weighted by molar-refractivity contribution is 5.88.